The highest BCUT2D eigenvalue weighted by Crippen LogP contribution is 2.51. The minimum atomic E-state index is 0.518. The summed E-state index contributed by atoms with van der Waals surface area (Å²) in [7, 11) is 0. The van der Waals surface area contributed by atoms with Crippen molar-refractivity contribution in [2.45, 2.75) is 46.0 Å². The molecule has 0 radical (unpaired) electrons. The average molecular weight is 260 g/mol. The van der Waals surface area contributed by atoms with E-state index in [9.17, 15) is 0 Å². The molecule has 19 heavy (non-hydrogen) atoms. The first kappa shape index (κ1) is 12.7. The number of rotatable bonds is 6. The van der Waals surface area contributed by atoms with E-state index < -0.39 is 0 Å². The molecule has 2 fully saturated rings. The lowest BCUT2D eigenvalue weighted by Gasteiger charge is -2.11. The van der Waals surface area contributed by atoms with Gasteiger partial charge in [-0.3, -0.25) is 0 Å². The van der Waals surface area contributed by atoms with Crippen LogP contribution in [0.25, 0.3) is 0 Å². The monoisotopic (exact) mass is 260 g/mol. The Morgan fingerprint density at radius 2 is 1.84 bits per heavy atom. The molecule has 1 unspecified atom stereocenters. The maximum absolute atomic E-state index is 4.66. The maximum atomic E-state index is 4.66. The summed E-state index contributed by atoms with van der Waals surface area (Å²) in [5.74, 6) is 4.33. The Morgan fingerprint density at radius 3 is 2.37 bits per heavy atom. The quantitative estimate of drug-likeness (QED) is 0.824. The van der Waals surface area contributed by atoms with Crippen molar-refractivity contribution in [1.82, 2.24) is 9.97 Å². The van der Waals surface area contributed by atoms with Gasteiger partial charge in [-0.2, -0.15) is 0 Å². The zero-order valence-corrected chi connectivity index (χ0v) is 12.2. The topological polar surface area (TPSA) is 49.8 Å². The van der Waals surface area contributed by atoms with E-state index in [0.29, 0.717) is 11.3 Å². The molecule has 2 aliphatic rings. The van der Waals surface area contributed by atoms with Crippen LogP contribution in [0, 0.1) is 11.3 Å². The van der Waals surface area contributed by atoms with Gasteiger partial charge in [-0.25, -0.2) is 9.97 Å². The molecule has 1 heterocycles. The molecule has 1 aromatic heterocycles. The summed E-state index contributed by atoms with van der Waals surface area (Å²) >= 11 is 0. The molecular weight excluding hydrogens is 236 g/mol. The van der Waals surface area contributed by atoms with Crippen LogP contribution in [-0.4, -0.2) is 23.1 Å². The van der Waals surface area contributed by atoms with Crippen molar-refractivity contribution in [3.63, 3.8) is 0 Å². The molecule has 0 bridgehead atoms. The van der Waals surface area contributed by atoms with E-state index in [1.807, 2.05) is 6.07 Å². The van der Waals surface area contributed by atoms with Gasteiger partial charge in [0.25, 0.3) is 0 Å². The molecule has 4 nitrogen and oxygen atoms in total. The number of nitrogens with one attached hydrogen (secondary N) is 2. The largest absolute Gasteiger partial charge is 0.370 e. The van der Waals surface area contributed by atoms with E-state index in [-0.39, 0.29) is 0 Å². The van der Waals surface area contributed by atoms with Crippen molar-refractivity contribution in [3.8, 4) is 0 Å². The number of hydrogen-bond acceptors (Lipinski definition) is 4. The fraction of sp³-hybridized carbons (Fsp3) is 0.733. The van der Waals surface area contributed by atoms with Crippen molar-refractivity contribution in [1.29, 1.82) is 0 Å². The van der Waals surface area contributed by atoms with Gasteiger partial charge in [0, 0.05) is 25.1 Å². The predicted octanol–water partition coefficient (Wildman–Crippen LogP) is 3.24. The van der Waals surface area contributed by atoms with E-state index in [1.54, 1.807) is 0 Å². The van der Waals surface area contributed by atoms with Gasteiger partial charge >= 0.3 is 0 Å². The van der Waals surface area contributed by atoms with Crippen LogP contribution >= 0.6 is 0 Å². The van der Waals surface area contributed by atoms with Gasteiger partial charge in [0.05, 0.1) is 0 Å². The molecule has 2 N–H and O–H groups in total. The molecule has 0 spiro atoms. The Hall–Kier alpha value is -1.32. The first-order valence-electron chi connectivity index (χ1n) is 7.45. The van der Waals surface area contributed by atoms with Crippen LogP contribution in [0.3, 0.4) is 0 Å². The van der Waals surface area contributed by atoms with Crippen LogP contribution in [0.15, 0.2) is 6.07 Å². The minimum Gasteiger partial charge on any atom is -0.370 e. The summed E-state index contributed by atoms with van der Waals surface area (Å²) in [6.45, 7) is 8.69. The van der Waals surface area contributed by atoms with E-state index in [4.69, 9.17) is 0 Å². The second-order valence-corrected chi connectivity index (χ2v) is 6.57. The standard InChI is InChI=1S/C15H24N4/c1-4-16-12-7-13(17-9-11-8-15(11,2)3)19-14(18-12)10-5-6-10/h7,10-11H,4-6,8-9H2,1-3H3,(H2,16,17,18,19). The number of anilines is 2. The number of hydrogen-bond donors (Lipinski definition) is 2. The normalized spacial score (nSPS) is 24.1. The molecule has 1 atom stereocenters. The lowest BCUT2D eigenvalue weighted by atomic mass is 10.1. The van der Waals surface area contributed by atoms with Crippen molar-refractivity contribution in [2.75, 3.05) is 23.7 Å². The van der Waals surface area contributed by atoms with Crippen LogP contribution in [0.5, 0.6) is 0 Å². The van der Waals surface area contributed by atoms with Crippen LogP contribution in [0.4, 0.5) is 11.6 Å². The molecule has 0 amide bonds. The van der Waals surface area contributed by atoms with Crippen LogP contribution in [0.2, 0.25) is 0 Å². The van der Waals surface area contributed by atoms with Crippen LogP contribution < -0.4 is 10.6 Å². The minimum absolute atomic E-state index is 0.518. The molecule has 2 saturated carbocycles. The van der Waals surface area contributed by atoms with Crippen molar-refractivity contribution >= 4 is 11.6 Å². The highest BCUT2D eigenvalue weighted by atomic mass is 15.1. The van der Waals surface area contributed by atoms with Crippen molar-refractivity contribution in [3.05, 3.63) is 11.9 Å². The third-order valence-corrected chi connectivity index (χ3v) is 4.29. The Bertz CT molecular complexity index is 465. The second kappa shape index (κ2) is 4.66. The Morgan fingerprint density at radius 1 is 1.21 bits per heavy atom. The number of nitrogens with zero attached hydrogens (tertiary/aromatic N) is 2. The number of aromatic nitrogens is 2. The van der Waals surface area contributed by atoms with Gasteiger partial charge in [-0.1, -0.05) is 13.8 Å². The highest BCUT2D eigenvalue weighted by molar-refractivity contribution is 5.48. The van der Waals surface area contributed by atoms with Gasteiger partial charge < -0.3 is 10.6 Å². The van der Waals surface area contributed by atoms with E-state index in [2.05, 4.69) is 41.4 Å². The smallest absolute Gasteiger partial charge is 0.136 e. The van der Waals surface area contributed by atoms with Gasteiger partial charge in [0.2, 0.25) is 0 Å². The summed E-state index contributed by atoms with van der Waals surface area (Å²) in [5, 5.41) is 6.79. The SMILES string of the molecule is CCNc1cc(NCC2CC2(C)C)nc(C2CC2)n1. The van der Waals surface area contributed by atoms with Crippen LogP contribution in [0.1, 0.15) is 51.8 Å². The van der Waals surface area contributed by atoms with Gasteiger partial charge in [-0.15, -0.1) is 0 Å². The third-order valence-electron chi connectivity index (χ3n) is 4.29. The van der Waals surface area contributed by atoms with Crippen molar-refractivity contribution in [2.24, 2.45) is 11.3 Å². The second-order valence-electron chi connectivity index (χ2n) is 6.57. The van der Waals surface area contributed by atoms with Gasteiger partial charge in [-0.05, 0) is 37.5 Å². The lowest BCUT2D eigenvalue weighted by Crippen LogP contribution is -2.11. The summed E-state index contributed by atoms with van der Waals surface area (Å²) in [4.78, 5) is 9.26. The highest BCUT2D eigenvalue weighted by Gasteiger charge is 2.45. The van der Waals surface area contributed by atoms with Gasteiger partial charge in [0.1, 0.15) is 17.5 Å². The fourth-order valence-corrected chi connectivity index (χ4v) is 2.50. The van der Waals surface area contributed by atoms with Crippen molar-refractivity contribution < 1.29 is 0 Å². The third kappa shape index (κ3) is 2.99. The van der Waals surface area contributed by atoms with Crippen LogP contribution in [-0.2, 0) is 0 Å². The van der Waals surface area contributed by atoms with E-state index in [1.165, 1.54) is 19.3 Å². The summed E-state index contributed by atoms with van der Waals surface area (Å²) in [6.07, 6.45) is 3.80. The Balaban J connectivity index is 1.68. The van der Waals surface area contributed by atoms with Gasteiger partial charge in [0.15, 0.2) is 0 Å². The molecule has 4 heteroatoms. The molecule has 0 saturated heterocycles. The predicted molar refractivity (Wildman–Crippen MR) is 78.5 cm³/mol. The van der Waals surface area contributed by atoms with E-state index in [0.717, 1.165) is 36.5 Å². The maximum Gasteiger partial charge on any atom is 0.136 e. The Labute approximate surface area is 115 Å². The fourth-order valence-electron chi connectivity index (χ4n) is 2.50. The molecule has 0 aliphatic heterocycles. The average Bonchev–Trinajstić information content (AvgIpc) is 3.24. The molecule has 2 aliphatic carbocycles. The summed E-state index contributed by atoms with van der Waals surface area (Å²) < 4.78 is 0. The lowest BCUT2D eigenvalue weighted by molar-refractivity contribution is 0.572. The first-order valence-corrected chi connectivity index (χ1v) is 7.45. The molecule has 104 valence electrons. The molecular formula is C15H24N4. The first-order chi connectivity index (χ1) is 9.08. The van der Waals surface area contributed by atoms with E-state index >= 15 is 0 Å². The molecule has 1 aromatic rings. The summed E-state index contributed by atoms with van der Waals surface area (Å²) in [5.41, 5.74) is 0.518. The zero-order valence-electron chi connectivity index (χ0n) is 12.2. The molecule has 3 rings (SSSR count). The zero-order chi connectivity index (χ0) is 13.5. The summed E-state index contributed by atoms with van der Waals surface area (Å²) in [6, 6.07) is 2.03. The molecule has 0 aromatic carbocycles. The Kier molecular flexibility index (Phi) is 3.11.